The van der Waals surface area contributed by atoms with Crippen molar-refractivity contribution in [3.8, 4) is 0 Å². The molecule has 0 aromatic carbocycles. The Labute approximate surface area is 86.2 Å². The molecule has 0 aromatic heterocycles. The monoisotopic (exact) mass is 199 g/mol. The van der Waals surface area contributed by atoms with Gasteiger partial charge in [-0.25, -0.2) is 0 Å². The van der Waals surface area contributed by atoms with Crippen molar-refractivity contribution < 1.29 is 9.53 Å². The molecule has 0 spiro atoms. The summed E-state index contributed by atoms with van der Waals surface area (Å²) >= 11 is 0. The summed E-state index contributed by atoms with van der Waals surface area (Å²) in [6.07, 6.45) is 2.10. The second-order valence-corrected chi connectivity index (χ2v) is 4.24. The van der Waals surface area contributed by atoms with Gasteiger partial charge in [-0.1, -0.05) is 20.3 Å². The van der Waals surface area contributed by atoms with Crippen molar-refractivity contribution in [2.45, 2.75) is 39.7 Å². The Balaban J connectivity index is 2.25. The second-order valence-electron chi connectivity index (χ2n) is 4.24. The highest BCUT2D eigenvalue weighted by molar-refractivity contribution is 5.72. The summed E-state index contributed by atoms with van der Waals surface area (Å²) in [6.45, 7) is 7.94. The number of esters is 1. The van der Waals surface area contributed by atoms with Gasteiger partial charge < -0.3 is 10.1 Å². The number of nitrogens with one attached hydrogen (secondary N) is 1. The summed E-state index contributed by atoms with van der Waals surface area (Å²) in [5, 5.41) is 3.17. The SMILES string of the molecule is CCCC(C)OC(=O)C(C)C1CNC1. The van der Waals surface area contributed by atoms with Gasteiger partial charge in [0, 0.05) is 0 Å². The molecule has 0 amide bonds. The second kappa shape index (κ2) is 5.35. The molecule has 1 rings (SSSR count). The van der Waals surface area contributed by atoms with Gasteiger partial charge in [-0.15, -0.1) is 0 Å². The van der Waals surface area contributed by atoms with Crippen molar-refractivity contribution in [3.63, 3.8) is 0 Å². The molecule has 1 fully saturated rings. The van der Waals surface area contributed by atoms with Crippen LogP contribution in [0.15, 0.2) is 0 Å². The zero-order chi connectivity index (χ0) is 10.6. The van der Waals surface area contributed by atoms with Crippen molar-refractivity contribution in [1.82, 2.24) is 5.32 Å². The summed E-state index contributed by atoms with van der Waals surface area (Å²) < 4.78 is 5.34. The average Bonchev–Trinajstić information content (AvgIpc) is 2.01. The molecule has 0 radical (unpaired) electrons. The molecule has 1 aliphatic rings. The Bertz CT molecular complexity index is 190. The van der Waals surface area contributed by atoms with Gasteiger partial charge in [-0.05, 0) is 32.4 Å². The third kappa shape index (κ3) is 2.98. The van der Waals surface area contributed by atoms with Crippen molar-refractivity contribution in [3.05, 3.63) is 0 Å². The van der Waals surface area contributed by atoms with Crippen LogP contribution in [0, 0.1) is 11.8 Å². The van der Waals surface area contributed by atoms with Gasteiger partial charge in [0.25, 0.3) is 0 Å². The lowest BCUT2D eigenvalue weighted by Gasteiger charge is -2.31. The lowest BCUT2D eigenvalue weighted by molar-refractivity contribution is -0.155. The summed E-state index contributed by atoms with van der Waals surface area (Å²) in [4.78, 5) is 11.6. The number of rotatable bonds is 5. The Morgan fingerprint density at radius 1 is 1.50 bits per heavy atom. The van der Waals surface area contributed by atoms with Gasteiger partial charge in [0.2, 0.25) is 0 Å². The van der Waals surface area contributed by atoms with E-state index in [4.69, 9.17) is 4.74 Å². The van der Waals surface area contributed by atoms with E-state index in [1.165, 1.54) is 0 Å². The molecule has 2 unspecified atom stereocenters. The molecular formula is C11H21NO2. The first kappa shape index (κ1) is 11.5. The number of hydrogen-bond acceptors (Lipinski definition) is 3. The van der Waals surface area contributed by atoms with E-state index in [0.29, 0.717) is 5.92 Å². The standard InChI is InChI=1S/C11H21NO2/c1-4-5-8(2)14-11(13)9(3)10-6-12-7-10/h8-10,12H,4-7H2,1-3H3. The van der Waals surface area contributed by atoms with Crippen LogP contribution in [-0.4, -0.2) is 25.2 Å². The summed E-state index contributed by atoms with van der Waals surface area (Å²) in [6, 6.07) is 0. The fraction of sp³-hybridized carbons (Fsp3) is 0.909. The van der Waals surface area contributed by atoms with Gasteiger partial charge in [-0.2, -0.15) is 0 Å². The molecule has 14 heavy (non-hydrogen) atoms. The van der Waals surface area contributed by atoms with E-state index in [0.717, 1.165) is 25.9 Å². The van der Waals surface area contributed by atoms with Gasteiger partial charge in [0.1, 0.15) is 0 Å². The minimum Gasteiger partial charge on any atom is -0.462 e. The molecule has 3 nitrogen and oxygen atoms in total. The predicted octanol–water partition coefficient (Wildman–Crippen LogP) is 1.57. The van der Waals surface area contributed by atoms with Crippen LogP contribution in [-0.2, 0) is 9.53 Å². The topological polar surface area (TPSA) is 38.3 Å². The van der Waals surface area contributed by atoms with Gasteiger partial charge in [0.05, 0.1) is 12.0 Å². The van der Waals surface area contributed by atoms with Crippen LogP contribution in [0.4, 0.5) is 0 Å². The maximum Gasteiger partial charge on any atom is 0.309 e. The number of carbonyl (C=O) groups excluding carboxylic acids is 1. The summed E-state index contributed by atoms with van der Waals surface area (Å²) in [5.41, 5.74) is 0. The third-order valence-corrected chi connectivity index (χ3v) is 2.90. The van der Waals surface area contributed by atoms with Crippen LogP contribution in [0.25, 0.3) is 0 Å². The van der Waals surface area contributed by atoms with Crippen LogP contribution < -0.4 is 5.32 Å². The first-order chi connectivity index (χ1) is 6.65. The molecule has 1 saturated heterocycles. The molecule has 0 bridgehead atoms. The van der Waals surface area contributed by atoms with Gasteiger partial charge in [-0.3, -0.25) is 4.79 Å². The van der Waals surface area contributed by atoms with E-state index >= 15 is 0 Å². The maximum atomic E-state index is 11.6. The van der Waals surface area contributed by atoms with Gasteiger partial charge >= 0.3 is 5.97 Å². The van der Waals surface area contributed by atoms with Crippen molar-refractivity contribution in [1.29, 1.82) is 0 Å². The molecule has 1 aliphatic heterocycles. The van der Waals surface area contributed by atoms with Crippen LogP contribution in [0.3, 0.4) is 0 Å². The minimum atomic E-state index is -0.0301. The van der Waals surface area contributed by atoms with Crippen molar-refractivity contribution in [2.75, 3.05) is 13.1 Å². The summed E-state index contributed by atoms with van der Waals surface area (Å²) in [5.74, 6) is 0.504. The van der Waals surface area contributed by atoms with Crippen molar-refractivity contribution in [2.24, 2.45) is 11.8 Å². The molecule has 0 saturated carbocycles. The Morgan fingerprint density at radius 3 is 2.57 bits per heavy atom. The number of ether oxygens (including phenoxy) is 1. The van der Waals surface area contributed by atoms with E-state index < -0.39 is 0 Å². The normalized spacial score (nSPS) is 21.1. The Kier molecular flexibility index (Phi) is 4.39. The quantitative estimate of drug-likeness (QED) is 0.683. The molecule has 0 aromatic rings. The molecule has 3 heteroatoms. The lowest BCUT2D eigenvalue weighted by Crippen LogP contribution is -2.48. The molecule has 1 heterocycles. The highest BCUT2D eigenvalue weighted by Crippen LogP contribution is 2.18. The largest absolute Gasteiger partial charge is 0.462 e. The van der Waals surface area contributed by atoms with Crippen LogP contribution in [0.5, 0.6) is 0 Å². The fourth-order valence-electron chi connectivity index (χ4n) is 1.63. The highest BCUT2D eigenvalue weighted by atomic mass is 16.5. The van der Waals surface area contributed by atoms with E-state index in [-0.39, 0.29) is 18.0 Å². The number of hydrogen-bond donors (Lipinski definition) is 1. The number of carbonyl (C=O) groups is 1. The average molecular weight is 199 g/mol. The molecule has 82 valence electrons. The minimum absolute atomic E-state index is 0.0301. The lowest BCUT2D eigenvalue weighted by atomic mass is 9.89. The first-order valence-corrected chi connectivity index (χ1v) is 5.56. The molecular weight excluding hydrogens is 178 g/mol. The van der Waals surface area contributed by atoms with Crippen LogP contribution >= 0.6 is 0 Å². The highest BCUT2D eigenvalue weighted by Gasteiger charge is 2.30. The van der Waals surface area contributed by atoms with E-state index in [1.807, 2.05) is 13.8 Å². The molecule has 1 N–H and O–H groups in total. The van der Waals surface area contributed by atoms with E-state index in [9.17, 15) is 4.79 Å². The van der Waals surface area contributed by atoms with Gasteiger partial charge in [0.15, 0.2) is 0 Å². The third-order valence-electron chi connectivity index (χ3n) is 2.90. The van der Waals surface area contributed by atoms with Crippen LogP contribution in [0.2, 0.25) is 0 Å². The fourth-order valence-corrected chi connectivity index (χ4v) is 1.63. The zero-order valence-electron chi connectivity index (χ0n) is 9.38. The molecule has 0 aliphatic carbocycles. The Morgan fingerprint density at radius 2 is 2.14 bits per heavy atom. The first-order valence-electron chi connectivity index (χ1n) is 5.56. The smallest absolute Gasteiger partial charge is 0.309 e. The van der Waals surface area contributed by atoms with Crippen LogP contribution in [0.1, 0.15) is 33.6 Å². The maximum absolute atomic E-state index is 11.6. The predicted molar refractivity (Wildman–Crippen MR) is 56.0 cm³/mol. The van der Waals surface area contributed by atoms with Crippen molar-refractivity contribution >= 4 is 5.97 Å². The summed E-state index contributed by atoms with van der Waals surface area (Å²) in [7, 11) is 0. The molecule has 2 atom stereocenters. The Hall–Kier alpha value is -0.570. The van der Waals surface area contributed by atoms with E-state index in [2.05, 4.69) is 12.2 Å². The van der Waals surface area contributed by atoms with E-state index in [1.54, 1.807) is 0 Å². The zero-order valence-corrected chi connectivity index (χ0v) is 9.38.